The standard InChI is InChI=1S/C22H25ClN2O3/c1-15-18(10-13-28-24-11-3-12-26)22-19(14-16-4-6-17(23)7-5-16)21(27-2)9-8-20(22)25-15/h3-9,11,24-26H,10,12-14H2,1-2H3. The third-order valence-corrected chi connectivity index (χ3v) is 4.94. The lowest BCUT2D eigenvalue weighted by atomic mass is 9.96. The highest BCUT2D eigenvalue weighted by Crippen LogP contribution is 2.34. The summed E-state index contributed by atoms with van der Waals surface area (Å²) in [5.74, 6) is 0.868. The van der Waals surface area contributed by atoms with E-state index in [1.54, 1.807) is 19.4 Å². The first-order valence-corrected chi connectivity index (χ1v) is 9.56. The van der Waals surface area contributed by atoms with Crippen molar-refractivity contribution < 1.29 is 14.7 Å². The van der Waals surface area contributed by atoms with Crippen molar-refractivity contribution >= 4 is 22.5 Å². The molecular weight excluding hydrogens is 376 g/mol. The molecule has 5 nitrogen and oxygen atoms in total. The maximum atomic E-state index is 8.74. The highest BCUT2D eigenvalue weighted by atomic mass is 35.5. The van der Waals surface area contributed by atoms with E-state index in [4.69, 9.17) is 26.3 Å². The molecule has 0 bridgehead atoms. The van der Waals surface area contributed by atoms with Crippen molar-refractivity contribution in [3.05, 3.63) is 76.1 Å². The van der Waals surface area contributed by atoms with E-state index in [2.05, 4.69) is 23.5 Å². The monoisotopic (exact) mass is 400 g/mol. The maximum absolute atomic E-state index is 8.74. The molecule has 0 aliphatic heterocycles. The van der Waals surface area contributed by atoms with Crippen LogP contribution in [-0.2, 0) is 17.7 Å². The zero-order chi connectivity index (χ0) is 19.9. The molecule has 0 aliphatic carbocycles. The number of rotatable bonds is 9. The second-order valence-electron chi connectivity index (χ2n) is 6.50. The van der Waals surface area contributed by atoms with Crippen LogP contribution in [0.2, 0.25) is 5.02 Å². The van der Waals surface area contributed by atoms with Crippen molar-refractivity contribution in [1.29, 1.82) is 0 Å². The minimum atomic E-state index is -0.0221. The van der Waals surface area contributed by atoms with Gasteiger partial charge in [0.05, 0.1) is 20.3 Å². The summed E-state index contributed by atoms with van der Waals surface area (Å²) < 4.78 is 5.67. The highest BCUT2D eigenvalue weighted by molar-refractivity contribution is 6.30. The average molecular weight is 401 g/mol. The Bertz CT molecular complexity index is 949. The molecule has 0 saturated heterocycles. The lowest BCUT2D eigenvalue weighted by molar-refractivity contribution is 0.0734. The number of hydrogen-bond acceptors (Lipinski definition) is 4. The van der Waals surface area contributed by atoms with Crippen molar-refractivity contribution in [2.24, 2.45) is 0 Å². The Morgan fingerprint density at radius 2 is 1.93 bits per heavy atom. The molecule has 0 fully saturated rings. The van der Waals surface area contributed by atoms with Gasteiger partial charge in [0.15, 0.2) is 0 Å². The van der Waals surface area contributed by atoms with Gasteiger partial charge in [0, 0.05) is 46.2 Å². The van der Waals surface area contributed by atoms with E-state index < -0.39 is 0 Å². The summed E-state index contributed by atoms with van der Waals surface area (Å²) in [4.78, 5) is 8.91. The molecule has 3 aromatic rings. The van der Waals surface area contributed by atoms with Crippen LogP contribution < -0.4 is 10.2 Å². The number of nitrogens with one attached hydrogen (secondary N) is 2. The fraction of sp³-hybridized carbons (Fsp3) is 0.273. The fourth-order valence-corrected chi connectivity index (χ4v) is 3.52. The number of aliphatic hydroxyl groups is 1. The van der Waals surface area contributed by atoms with Crippen LogP contribution in [0.15, 0.2) is 48.7 Å². The molecule has 0 unspecified atom stereocenters. The number of ether oxygens (including phenoxy) is 1. The van der Waals surface area contributed by atoms with Crippen molar-refractivity contribution in [2.75, 3.05) is 20.3 Å². The molecule has 6 heteroatoms. The topological polar surface area (TPSA) is 66.5 Å². The van der Waals surface area contributed by atoms with Crippen LogP contribution in [0.25, 0.3) is 10.9 Å². The first-order chi connectivity index (χ1) is 13.6. The van der Waals surface area contributed by atoms with Gasteiger partial charge in [-0.3, -0.25) is 10.3 Å². The van der Waals surface area contributed by atoms with Gasteiger partial charge in [-0.05, 0) is 48.4 Å². The number of aromatic amines is 1. The molecule has 0 spiro atoms. The summed E-state index contributed by atoms with van der Waals surface area (Å²) in [6.45, 7) is 2.56. The molecule has 0 radical (unpaired) electrons. The van der Waals surface area contributed by atoms with E-state index >= 15 is 0 Å². The number of fused-ring (bicyclic) bond motifs is 1. The van der Waals surface area contributed by atoms with E-state index in [-0.39, 0.29) is 6.61 Å². The molecular formula is C22H25ClN2O3. The van der Waals surface area contributed by atoms with Crippen molar-refractivity contribution in [2.45, 2.75) is 19.8 Å². The summed E-state index contributed by atoms with van der Waals surface area (Å²) in [6.07, 6.45) is 4.65. The molecule has 3 N–H and O–H groups in total. The number of hydroxylamine groups is 1. The minimum Gasteiger partial charge on any atom is -0.496 e. The summed E-state index contributed by atoms with van der Waals surface area (Å²) >= 11 is 6.03. The lowest BCUT2D eigenvalue weighted by Crippen LogP contribution is -2.10. The van der Waals surface area contributed by atoms with Gasteiger partial charge < -0.3 is 14.8 Å². The number of benzene rings is 2. The zero-order valence-electron chi connectivity index (χ0n) is 16.1. The van der Waals surface area contributed by atoms with Gasteiger partial charge in [0.1, 0.15) is 5.75 Å². The summed E-state index contributed by atoms with van der Waals surface area (Å²) in [5.41, 5.74) is 8.45. The Morgan fingerprint density at radius 3 is 2.64 bits per heavy atom. The Balaban J connectivity index is 1.91. The van der Waals surface area contributed by atoms with Gasteiger partial charge in [-0.1, -0.05) is 23.7 Å². The molecule has 2 aromatic carbocycles. The van der Waals surface area contributed by atoms with E-state index in [0.717, 1.165) is 40.4 Å². The molecule has 0 amide bonds. The van der Waals surface area contributed by atoms with Crippen LogP contribution in [-0.4, -0.2) is 30.4 Å². The maximum Gasteiger partial charge on any atom is 0.123 e. The Morgan fingerprint density at radius 1 is 1.14 bits per heavy atom. The first kappa shape index (κ1) is 20.3. The number of aryl methyl sites for hydroxylation is 1. The fourth-order valence-electron chi connectivity index (χ4n) is 3.39. The second kappa shape index (κ2) is 9.64. The first-order valence-electron chi connectivity index (χ1n) is 9.18. The van der Waals surface area contributed by atoms with Crippen LogP contribution in [0.4, 0.5) is 0 Å². The van der Waals surface area contributed by atoms with Gasteiger partial charge >= 0.3 is 0 Å². The Kier molecular flexibility index (Phi) is 6.98. The Hall–Kier alpha value is -2.47. The molecule has 1 heterocycles. The smallest absolute Gasteiger partial charge is 0.123 e. The van der Waals surface area contributed by atoms with Crippen LogP contribution in [0.5, 0.6) is 5.75 Å². The van der Waals surface area contributed by atoms with Crippen LogP contribution in [0, 0.1) is 6.92 Å². The molecule has 1 aromatic heterocycles. The summed E-state index contributed by atoms with van der Waals surface area (Å²) in [6, 6.07) is 12.0. The van der Waals surface area contributed by atoms with Crippen LogP contribution in [0.3, 0.4) is 0 Å². The number of aromatic nitrogens is 1. The van der Waals surface area contributed by atoms with E-state index in [9.17, 15) is 0 Å². The number of hydrogen-bond donors (Lipinski definition) is 3. The molecule has 28 heavy (non-hydrogen) atoms. The highest BCUT2D eigenvalue weighted by Gasteiger charge is 2.16. The van der Waals surface area contributed by atoms with Gasteiger partial charge in [-0.15, -0.1) is 0 Å². The summed E-state index contributed by atoms with van der Waals surface area (Å²) in [5, 5.41) is 10.6. The number of aliphatic hydroxyl groups excluding tert-OH is 1. The summed E-state index contributed by atoms with van der Waals surface area (Å²) in [7, 11) is 1.70. The lowest BCUT2D eigenvalue weighted by Gasteiger charge is -2.12. The third-order valence-electron chi connectivity index (χ3n) is 4.69. The largest absolute Gasteiger partial charge is 0.496 e. The number of halogens is 1. The van der Waals surface area contributed by atoms with E-state index in [1.807, 2.05) is 30.3 Å². The SMILES string of the molecule is COc1ccc2[nH]c(C)c(CCONC=CCO)c2c1Cc1ccc(Cl)cc1. The van der Waals surface area contributed by atoms with Crippen LogP contribution >= 0.6 is 11.6 Å². The van der Waals surface area contributed by atoms with Crippen molar-refractivity contribution in [3.63, 3.8) is 0 Å². The minimum absolute atomic E-state index is 0.0221. The van der Waals surface area contributed by atoms with Gasteiger partial charge in [0.2, 0.25) is 0 Å². The van der Waals surface area contributed by atoms with Gasteiger partial charge in [0.25, 0.3) is 0 Å². The second-order valence-corrected chi connectivity index (χ2v) is 6.94. The van der Waals surface area contributed by atoms with E-state index in [0.29, 0.717) is 6.61 Å². The van der Waals surface area contributed by atoms with E-state index in [1.165, 1.54) is 16.5 Å². The zero-order valence-corrected chi connectivity index (χ0v) is 16.8. The normalized spacial score (nSPS) is 11.4. The van der Waals surface area contributed by atoms with Crippen LogP contribution in [0.1, 0.15) is 22.4 Å². The predicted molar refractivity (Wildman–Crippen MR) is 113 cm³/mol. The van der Waals surface area contributed by atoms with Gasteiger partial charge in [-0.2, -0.15) is 0 Å². The van der Waals surface area contributed by atoms with Gasteiger partial charge in [-0.25, -0.2) is 0 Å². The molecule has 0 saturated carbocycles. The third kappa shape index (κ3) is 4.68. The van der Waals surface area contributed by atoms with Crippen molar-refractivity contribution in [1.82, 2.24) is 10.5 Å². The molecule has 148 valence electrons. The number of methoxy groups -OCH3 is 1. The number of H-pyrrole nitrogens is 1. The molecule has 3 rings (SSSR count). The molecule has 0 atom stereocenters. The quantitative estimate of drug-likeness (QED) is 0.370. The molecule has 0 aliphatic rings. The van der Waals surface area contributed by atoms with Crippen molar-refractivity contribution in [3.8, 4) is 5.75 Å². The average Bonchev–Trinajstić information content (AvgIpc) is 3.02. The Labute approximate surface area is 169 Å². The predicted octanol–water partition coefficient (Wildman–Crippen LogP) is 4.30.